The van der Waals surface area contributed by atoms with Crippen LogP contribution in [0.2, 0.25) is 0 Å². The first-order valence-electron chi connectivity index (χ1n) is 11.3. The number of benzene rings is 2. The Balaban J connectivity index is 1.40. The van der Waals surface area contributed by atoms with Crippen molar-refractivity contribution in [2.45, 2.75) is 30.7 Å². The maximum Gasteiger partial charge on any atom is 0.264 e. The quantitative estimate of drug-likeness (QED) is 0.422. The highest BCUT2D eigenvalue weighted by Gasteiger charge is 2.34. The minimum absolute atomic E-state index is 0.144. The second-order valence-electron chi connectivity index (χ2n) is 8.17. The van der Waals surface area contributed by atoms with Crippen molar-refractivity contribution in [3.8, 4) is 0 Å². The highest BCUT2D eigenvalue weighted by Crippen LogP contribution is 2.32. The van der Waals surface area contributed by atoms with Crippen molar-refractivity contribution in [2.24, 2.45) is 0 Å². The first kappa shape index (κ1) is 22.1. The lowest BCUT2D eigenvalue weighted by Gasteiger charge is -2.24. The van der Waals surface area contributed by atoms with Gasteiger partial charge in [0, 0.05) is 24.8 Å². The average Bonchev–Trinajstić information content (AvgIpc) is 3.52. The van der Waals surface area contributed by atoms with Crippen LogP contribution in [0, 0.1) is 0 Å². The lowest BCUT2D eigenvalue weighted by atomic mass is 10.1. The number of fused-ring (bicyclic) bond motifs is 1. The summed E-state index contributed by atoms with van der Waals surface area (Å²) in [4.78, 5) is 15.3. The molecule has 1 atom stereocenters. The number of amides is 1. The Hall–Kier alpha value is -3.72. The van der Waals surface area contributed by atoms with Gasteiger partial charge >= 0.3 is 0 Å². The molecular formula is C25H25N5O3S. The van der Waals surface area contributed by atoms with E-state index < -0.39 is 10.0 Å². The predicted molar refractivity (Wildman–Crippen MR) is 129 cm³/mol. The molecule has 8 nitrogen and oxygen atoms in total. The molecule has 1 aliphatic heterocycles. The summed E-state index contributed by atoms with van der Waals surface area (Å²) in [5.74, 6) is 0.594. The smallest absolute Gasteiger partial charge is 0.264 e. The van der Waals surface area contributed by atoms with Gasteiger partial charge in [-0.2, -0.15) is 0 Å². The van der Waals surface area contributed by atoms with Gasteiger partial charge in [0.2, 0.25) is 0 Å². The van der Waals surface area contributed by atoms with Crippen LogP contribution in [0.3, 0.4) is 0 Å². The van der Waals surface area contributed by atoms with E-state index in [1.165, 1.54) is 16.4 Å². The molecule has 1 saturated heterocycles. The summed E-state index contributed by atoms with van der Waals surface area (Å²) in [6, 6.07) is 20.7. The lowest BCUT2D eigenvalue weighted by Crippen LogP contribution is -2.32. The molecule has 1 aliphatic rings. The Morgan fingerprint density at radius 1 is 1.00 bits per heavy atom. The Morgan fingerprint density at radius 2 is 1.74 bits per heavy atom. The molecule has 34 heavy (non-hydrogen) atoms. The van der Waals surface area contributed by atoms with Crippen LogP contribution in [0.25, 0.3) is 5.65 Å². The molecule has 2 aromatic carbocycles. The van der Waals surface area contributed by atoms with E-state index in [9.17, 15) is 13.2 Å². The molecule has 0 radical (unpaired) electrons. The molecule has 2 aromatic heterocycles. The molecule has 0 bridgehead atoms. The van der Waals surface area contributed by atoms with Crippen LogP contribution >= 0.6 is 0 Å². The topological polar surface area (TPSA) is 87.9 Å². The molecule has 3 heterocycles. The van der Waals surface area contributed by atoms with Crippen LogP contribution in [-0.4, -0.2) is 46.9 Å². The first-order chi connectivity index (χ1) is 16.5. The van der Waals surface area contributed by atoms with Crippen molar-refractivity contribution < 1.29 is 13.2 Å². The fraction of sp³-hybridized carbons (Fsp3) is 0.240. The lowest BCUT2D eigenvalue weighted by molar-refractivity contribution is 0.0729. The van der Waals surface area contributed by atoms with Gasteiger partial charge in [-0.15, -0.1) is 10.2 Å². The van der Waals surface area contributed by atoms with Crippen LogP contribution in [0.4, 0.5) is 5.69 Å². The Morgan fingerprint density at radius 3 is 2.47 bits per heavy atom. The van der Waals surface area contributed by atoms with E-state index >= 15 is 0 Å². The highest BCUT2D eigenvalue weighted by molar-refractivity contribution is 7.92. The van der Waals surface area contributed by atoms with E-state index in [-0.39, 0.29) is 16.8 Å². The van der Waals surface area contributed by atoms with Crippen molar-refractivity contribution in [1.29, 1.82) is 0 Å². The van der Waals surface area contributed by atoms with E-state index in [2.05, 4.69) is 10.2 Å². The summed E-state index contributed by atoms with van der Waals surface area (Å²) in [5, 5.41) is 8.56. The fourth-order valence-electron chi connectivity index (χ4n) is 4.51. The predicted octanol–water partition coefficient (Wildman–Crippen LogP) is 3.92. The first-order valence-corrected chi connectivity index (χ1v) is 12.7. The number of hydrogen-bond acceptors (Lipinski definition) is 5. The number of nitrogens with zero attached hydrogens (tertiary/aromatic N) is 5. The maximum absolute atomic E-state index is 13.4. The second-order valence-corrected chi connectivity index (χ2v) is 10.0. The number of rotatable bonds is 6. The number of carbonyl (C=O) groups is 1. The van der Waals surface area contributed by atoms with Gasteiger partial charge < -0.3 is 4.90 Å². The van der Waals surface area contributed by atoms with Crippen LogP contribution in [0.5, 0.6) is 0 Å². The van der Waals surface area contributed by atoms with Gasteiger partial charge in [0.1, 0.15) is 0 Å². The van der Waals surface area contributed by atoms with Gasteiger partial charge in [-0.1, -0.05) is 24.3 Å². The van der Waals surface area contributed by atoms with Crippen molar-refractivity contribution >= 4 is 27.3 Å². The fourth-order valence-corrected chi connectivity index (χ4v) is 5.99. The van der Waals surface area contributed by atoms with Gasteiger partial charge in [0.25, 0.3) is 15.9 Å². The molecule has 4 aromatic rings. The van der Waals surface area contributed by atoms with Crippen LogP contribution in [-0.2, 0) is 10.0 Å². The number of likely N-dealkylation sites (tertiary alicyclic amines) is 1. The molecule has 174 valence electrons. The van der Waals surface area contributed by atoms with Crippen molar-refractivity contribution in [3.63, 3.8) is 0 Å². The SMILES string of the molecule is CCN(c1ccccc1)S(=O)(=O)c1ccc(C(=O)N2CCC[C@H]2c2nnc3ccccn23)cc1. The number of aromatic nitrogens is 3. The molecule has 5 rings (SSSR count). The molecular weight excluding hydrogens is 450 g/mol. The molecule has 9 heteroatoms. The number of para-hydroxylation sites is 1. The number of anilines is 1. The monoisotopic (exact) mass is 475 g/mol. The number of hydrogen-bond donors (Lipinski definition) is 0. The minimum Gasteiger partial charge on any atom is -0.328 e. The number of sulfonamides is 1. The summed E-state index contributed by atoms with van der Waals surface area (Å²) in [7, 11) is -3.75. The van der Waals surface area contributed by atoms with Gasteiger partial charge in [0.15, 0.2) is 11.5 Å². The second kappa shape index (κ2) is 8.90. The third-order valence-corrected chi connectivity index (χ3v) is 8.09. The summed E-state index contributed by atoms with van der Waals surface area (Å²) >= 11 is 0. The Labute approximate surface area is 198 Å². The molecule has 1 amide bonds. The maximum atomic E-state index is 13.4. The zero-order valence-electron chi connectivity index (χ0n) is 18.8. The van der Waals surface area contributed by atoms with Crippen molar-refractivity contribution in [1.82, 2.24) is 19.5 Å². The van der Waals surface area contributed by atoms with E-state index in [1.807, 2.05) is 34.9 Å². The van der Waals surface area contributed by atoms with E-state index in [1.54, 1.807) is 48.2 Å². The Bertz CT molecular complexity index is 1420. The summed E-state index contributed by atoms with van der Waals surface area (Å²) in [5.41, 5.74) is 1.79. The minimum atomic E-state index is -3.75. The van der Waals surface area contributed by atoms with Crippen LogP contribution < -0.4 is 4.31 Å². The van der Waals surface area contributed by atoms with Crippen LogP contribution in [0.1, 0.15) is 42.0 Å². The molecule has 0 unspecified atom stereocenters. The normalized spacial score (nSPS) is 16.1. The molecule has 0 spiro atoms. The molecule has 0 N–H and O–H groups in total. The van der Waals surface area contributed by atoms with Gasteiger partial charge in [-0.05, 0) is 68.3 Å². The zero-order valence-corrected chi connectivity index (χ0v) is 19.6. The van der Waals surface area contributed by atoms with E-state index in [4.69, 9.17) is 0 Å². The van der Waals surface area contributed by atoms with Gasteiger partial charge in [0.05, 0.1) is 16.6 Å². The molecule has 0 saturated carbocycles. The van der Waals surface area contributed by atoms with Gasteiger partial charge in [-0.25, -0.2) is 8.42 Å². The number of carbonyl (C=O) groups excluding carboxylic acids is 1. The van der Waals surface area contributed by atoms with Crippen molar-refractivity contribution in [2.75, 3.05) is 17.4 Å². The Kier molecular flexibility index (Phi) is 5.79. The molecule has 0 aliphatic carbocycles. The summed E-state index contributed by atoms with van der Waals surface area (Å²) in [6.07, 6.45) is 3.57. The zero-order chi connectivity index (χ0) is 23.7. The summed E-state index contributed by atoms with van der Waals surface area (Å²) in [6.45, 7) is 2.71. The largest absolute Gasteiger partial charge is 0.328 e. The highest BCUT2D eigenvalue weighted by atomic mass is 32.2. The summed E-state index contributed by atoms with van der Waals surface area (Å²) < 4.78 is 29.8. The standard InChI is InChI=1S/C25H25N5O3S/c1-2-30(20-9-4-3-5-10-20)34(32,33)21-15-13-19(14-16-21)25(31)28-18-8-11-22(28)24-27-26-23-12-6-7-17-29(23)24/h3-7,9-10,12-17,22H,2,8,11,18H2,1H3/t22-/m0/s1. The third kappa shape index (κ3) is 3.81. The van der Waals surface area contributed by atoms with Crippen LogP contribution in [0.15, 0.2) is 83.9 Å². The van der Waals surface area contributed by atoms with Gasteiger partial charge in [-0.3, -0.25) is 13.5 Å². The van der Waals surface area contributed by atoms with E-state index in [0.717, 1.165) is 24.3 Å². The van der Waals surface area contributed by atoms with Crippen molar-refractivity contribution in [3.05, 3.63) is 90.4 Å². The third-order valence-electron chi connectivity index (χ3n) is 6.17. The van der Waals surface area contributed by atoms with E-state index in [0.29, 0.717) is 24.3 Å². The average molecular weight is 476 g/mol. The molecule has 1 fully saturated rings. The number of pyridine rings is 1.